The number of hydrogen-bond acceptors (Lipinski definition) is 2. The van der Waals surface area contributed by atoms with Crippen LogP contribution in [-0.4, -0.2) is 5.11 Å². The minimum absolute atomic E-state index is 0.429. The highest BCUT2D eigenvalue weighted by Gasteiger charge is 2.29. The molecule has 0 saturated carbocycles. The molecule has 0 radical (unpaired) electrons. The zero-order valence-electron chi connectivity index (χ0n) is 17.4. The van der Waals surface area contributed by atoms with Gasteiger partial charge in [-0.05, 0) is 37.1 Å². The average Bonchev–Trinajstić information content (AvgIpc) is 3.23. The van der Waals surface area contributed by atoms with Gasteiger partial charge >= 0.3 is 0 Å². The summed E-state index contributed by atoms with van der Waals surface area (Å²) in [4.78, 5) is 0. The molecule has 0 saturated heterocycles. The Kier molecular flexibility index (Phi) is 6.46. The lowest BCUT2D eigenvalue weighted by molar-refractivity contribution is 0.495. The molecule has 4 heteroatoms. The number of hydrogen-bond donors (Lipinski definition) is 1. The average molecular weight is 468 g/mol. The maximum Gasteiger partial charge on any atom is 0.180 e. The summed E-state index contributed by atoms with van der Waals surface area (Å²) in [6, 6.07) is 42.6. The van der Waals surface area contributed by atoms with E-state index in [0.29, 0.717) is 5.06 Å². The lowest BCUT2D eigenvalue weighted by Crippen LogP contribution is -2.32. The number of rotatable bonds is 6. The van der Waals surface area contributed by atoms with E-state index in [1.54, 1.807) is 0 Å². The van der Waals surface area contributed by atoms with Crippen molar-refractivity contribution in [2.75, 3.05) is 0 Å². The van der Waals surface area contributed by atoms with Gasteiger partial charge in [-0.2, -0.15) is 0 Å². The first kappa shape index (κ1) is 21.1. The first-order valence-electron chi connectivity index (χ1n) is 10.4. The van der Waals surface area contributed by atoms with Crippen LogP contribution in [0.5, 0.6) is 5.06 Å². The van der Waals surface area contributed by atoms with Gasteiger partial charge in [0.2, 0.25) is 0 Å². The second kappa shape index (κ2) is 9.80. The maximum absolute atomic E-state index is 11.2. The smallest absolute Gasteiger partial charge is 0.180 e. The van der Waals surface area contributed by atoms with Crippen LogP contribution in [0.1, 0.15) is 0 Å². The monoisotopic (exact) mass is 468 g/mol. The van der Waals surface area contributed by atoms with Gasteiger partial charge in [0.25, 0.3) is 0 Å². The van der Waals surface area contributed by atoms with Crippen LogP contribution in [0.4, 0.5) is 0 Å². The van der Waals surface area contributed by atoms with E-state index in [1.165, 1.54) is 37.9 Å². The van der Waals surface area contributed by atoms with Crippen molar-refractivity contribution in [3.05, 3.63) is 127 Å². The van der Waals surface area contributed by atoms with Crippen molar-refractivity contribution >= 4 is 59.0 Å². The second-order valence-corrected chi connectivity index (χ2v) is 12.5. The fourth-order valence-electron chi connectivity index (χ4n) is 3.84. The van der Waals surface area contributed by atoms with Gasteiger partial charge in [0, 0.05) is 16.0 Å². The van der Waals surface area contributed by atoms with Crippen LogP contribution in [0.2, 0.25) is 0 Å². The summed E-state index contributed by atoms with van der Waals surface area (Å²) >= 11 is 1.45. The zero-order chi connectivity index (χ0) is 21.8. The summed E-state index contributed by atoms with van der Waals surface area (Å²) < 4.78 is 0. The molecule has 0 aliphatic rings. The van der Waals surface area contributed by atoms with Crippen LogP contribution < -0.4 is 31.8 Å². The Morgan fingerprint density at radius 2 is 0.812 bits per heavy atom. The summed E-state index contributed by atoms with van der Waals surface area (Å²) in [6.07, 6.45) is 0. The van der Waals surface area contributed by atoms with Crippen LogP contribution in [0.25, 0.3) is 0 Å². The van der Waals surface area contributed by atoms with Gasteiger partial charge in [0.1, 0.15) is 0 Å². The van der Waals surface area contributed by atoms with Gasteiger partial charge in [-0.1, -0.05) is 121 Å². The van der Waals surface area contributed by atoms with Crippen molar-refractivity contribution in [2.24, 2.45) is 0 Å². The van der Waals surface area contributed by atoms with Crippen molar-refractivity contribution in [3.8, 4) is 5.06 Å². The van der Waals surface area contributed by atoms with E-state index in [0.717, 1.165) is 5.30 Å². The van der Waals surface area contributed by atoms with Gasteiger partial charge in [0.15, 0.2) is 5.06 Å². The van der Waals surface area contributed by atoms with E-state index >= 15 is 0 Å². The van der Waals surface area contributed by atoms with E-state index < -0.39 is 15.8 Å². The van der Waals surface area contributed by atoms with Crippen molar-refractivity contribution in [2.45, 2.75) is 0 Å². The fraction of sp³-hybridized carbons (Fsp3) is 0. The van der Waals surface area contributed by atoms with E-state index in [1.807, 2.05) is 0 Å². The third-order valence-electron chi connectivity index (χ3n) is 5.25. The molecule has 1 nitrogen and oxygen atoms in total. The molecule has 1 N–H and O–H groups in total. The molecule has 0 aliphatic heterocycles. The highest BCUT2D eigenvalue weighted by Crippen LogP contribution is 2.43. The Balaban J connectivity index is 1.75. The van der Waals surface area contributed by atoms with Crippen LogP contribution in [0.3, 0.4) is 0 Å². The summed E-state index contributed by atoms with van der Waals surface area (Å²) in [5.74, 6) is 0. The standard InChI is InChI=1S/C28H22OP2S/c29-28-27(31(24-17-9-3-10-18-24)25-19-11-4-12-20-25)26(21-32-28)30(22-13-5-1-6-14-22)23-15-7-2-8-16-23/h1-21,29H. The quantitative estimate of drug-likeness (QED) is 0.349. The number of benzene rings is 4. The van der Waals surface area contributed by atoms with Crippen molar-refractivity contribution in [1.82, 2.24) is 0 Å². The number of aromatic hydroxyl groups is 1. The molecule has 5 aromatic rings. The molecule has 0 fully saturated rings. The van der Waals surface area contributed by atoms with Crippen molar-refractivity contribution in [3.63, 3.8) is 0 Å². The van der Waals surface area contributed by atoms with E-state index in [4.69, 9.17) is 0 Å². The Morgan fingerprint density at radius 3 is 1.19 bits per heavy atom. The van der Waals surface area contributed by atoms with E-state index in [-0.39, 0.29) is 0 Å². The SMILES string of the molecule is Oc1scc(P(c2ccccc2)c2ccccc2)c1P(c1ccccc1)c1ccccc1. The van der Waals surface area contributed by atoms with Crippen LogP contribution in [0.15, 0.2) is 127 Å². The number of thiophene rings is 1. The summed E-state index contributed by atoms with van der Waals surface area (Å²) in [6.45, 7) is 0. The van der Waals surface area contributed by atoms with Crippen LogP contribution in [0, 0.1) is 0 Å². The molecule has 0 atom stereocenters. The van der Waals surface area contributed by atoms with Gasteiger partial charge in [-0.25, -0.2) is 0 Å². The molecular formula is C28H22OP2S. The normalized spacial score (nSPS) is 11.2. The molecule has 5 rings (SSSR count). The van der Waals surface area contributed by atoms with Crippen LogP contribution >= 0.6 is 27.2 Å². The topological polar surface area (TPSA) is 20.2 Å². The van der Waals surface area contributed by atoms with E-state index in [2.05, 4.69) is 127 Å². The highest BCUT2D eigenvalue weighted by molar-refractivity contribution is 7.86. The molecule has 1 heterocycles. The molecule has 1 aromatic heterocycles. The Bertz CT molecular complexity index is 1190. The molecule has 0 spiro atoms. The molecule has 0 aliphatic carbocycles. The molecule has 0 bridgehead atoms. The maximum atomic E-state index is 11.2. The molecular weight excluding hydrogens is 446 g/mol. The first-order valence-corrected chi connectivity index (χ1v) is 14.0. The third kappa shape index (κ3) is 4.27. The highest BCUT2D eigenvalue weighted by atomic mass is 32.1. The molecule has 4 aromatic carbocycles. The summed E-state index contributed by atoms with van der Waals surface area (Å²) in [5, 5.41) is 21.2. The zero-order valence-corrected chi connectivity index (χ0v) is 20.0. The first-order chi connectivity index (χ1) is 15.8. The van der Waals surface area contributed by atoms with E-state index in [9.17, 15) is 5.11 Å². The minimum atomic E-state index is -0.887. The Hall–Kier alpha value is -2.76. The molecule has 0 unspecified atom stereocenters. The fourth-order valence-corrected chi connectivity index (χ4v) is 10.5. The third-order valence-corrected chi connectivity index (χ3v) is 11.5. The summed E-state index contributed by atoms with van der Waals surface area (Å²) in [5.41, 5.74) is 0. The predicted molar refractivity (Wildman–Crippen MR) is 143 cm³/mol. The second-order valence-electron chi connectivity index (χ2n) is 7.29. The van der Waals surface area contributed by atoms with Gasteiger partial charge < -0.3 is 5.11 Å². The molecule has 156 valence electrons. The largest absolute Gasteiger partial charge is 0.499 e. The Labute approximate surface area is 195 Å². The van der Waals surface area contributed by atoms with Crippen molar-refractivity contribution in [1.29, 1.82) is 0 Å². The molecule has 32 heavy (non-hydrogen) atoms. The lowest BCUT2D eigenvalue weighted by atomic mass is 10.4. The van der Waals surface area contributed by atoms with Crippen LogP contribution in [-0.2, 0) is 0 Å². The Morgan fingerprint density at radius 1 is 0.469 bits per heavy atom. The minimum Gasteiger partial charge on any atom is -0.499 e. The lowest BCUT2D eigenvalue weighted by Gasteiger charge is -2.25. The summed E-state index contributed by atoms with van der Waals surface area (Å²) in [7, 11) is -1.68. The van der Waals surface area contributed by atoms with Gasteiger partial charge in [0.05, 0.1) is 0 Å². The van der Waals surface area contributed by atoms with Gasteiger partial charge in [-0.3, -0.25) is 0 Å². The van der Waals surface area contributed by atoms with Crippen molar-refractivity contribution < 1.29 is 5.11 Å². The predicted octanol–water partition coefficient (Wildman–Crippen LogP) is 4.97. The molecule has 0 amide bonds. The van der Waals surface area contributed by atoms with Gasteiger partial charge in [-0.15, -0.1) is 11.3 Å².